The number of ether oxygens (including phenoxy) is 2. The summed E-state index contributed by atoms with van der Waals surface area (Å²) in [6, 6.07) is 0. The molecule has 8 heteroatoms. The minimum atomic E-state index is -2.38. The summed E-state index contributed by atoms with van der Waals surface area (Å²) in [5.41, 5.74) is -0.410. The van der Waals surface area contributed by atoms with Crippen LogP contribution in [0.25, 0.3) is 0 Å². The van der Waals surface area contributed by atoms with Gasteiger partial charge >= 0.3 is 11.9 Å². The SMILES string of the molecule is CCOC(=O)C(Cl)(C(=O)OCC)C(C)(C)C(=O)NO. The molecule has 1 amide bonds. The maximum absolute atomic E-state index is 11.9. The van der Waals surface area contributed by atoms with Crippen molar-refractivity contribution >= 4 is 29.4 Å². The first-order chi connectivity index (χ1) is 8.69. The zero-order chi connectivity index (χ0) is 15.3. The maximum atomic E-state index is 11.9. The standard InChI is InChI=1S/C11H18ClNO6/c1-5-18-8(15)11(12,9(16)19-6-2)10(3,4)7(14)13-17/h17H,5-6H2,1-4H3,(H,13,14). The fraction of sp³-hybridized carbons (Fsp3) is 0.727. The summed E-state index contributed by atoms with van der Waals surface area (Å²) in [4.78, 5) is 33.1. The third kappa shape index (κ3) is 3.16. The van der Waals surface area contributed by atoms with Crippen LogP contribution in [0.2, 0.25) is 0 Å². The van der Waals surface area contributed by atoms with Crippen LogP contribution in [-0.4, -0.2) is 41.1 Å². The van der Waals surface area contributed by atoms with Crippen LogP contribution in [0.1, 0.15) is 27.7 Å². The minimum Gasteiger partial charge on any atom is -0.464 e. The van der Waals surface area contributed by atoms with Crippen LogP contribution in [0.5, 0.6) is 0 Å². The lowest BCUT2D eigenvalue weighted by Gasteiger charge is -2.35. The van der Waals surface area contributed by atoms with Gasteiger partial charge in [-0.1, -0.05) is 11.6 Å². The van der Waals surface area contributed by atoms with E-state index in [2.05, 4.69) is 0 Å². The van der Waals surface area contributed by atoms with Crippen LogP contribution in [0.15, 0.2) is 0 Å². The van der Waals surface area contributed by atoms with E-state index in [0.29, 0.717) is 0 Å². The molecule has 0 aromatic rings. The van der Waals surface area contributed by atoms with Crippen molar-refractivity contribution in [1.29, 1.82) is 0 Å². The van der Waals surface area contributed by atoms with Crippen LogP contribution in [0, 0.1) is 5.41 Å². The van der Waals surface area contributed by atoms with Crippen molar-refractivity contribution in [2.45, 2.75) is 32.6 Å². The summed E-state index contributed by atoms with van der Waals surface area (Å²) in [7, 11) is 0. The predicted molar refractivity (Wildman–Crippen MR) is 65.6 cm³/mol. The molecule has 0 aliphatic rings. The Balaban J connectivity index is 5.69. The van der Waals surface area contributed by atoms with E-state index in [1.165, 1.54) is 33.2 Å². The molecule has 0 heterocycles. The molecular weight excluding hydrogens is 278 g/mol. The number of nitrogens with one attached hydrogen (secondary N) is 1. The summed E-state index contributed by atoms with van der Waals surface area (Å²) < 4.78 is 9.44. The molecule has 0 aliphatic carbocycles. The molecule has 2 N–H and O–H groups in total. The Hall–Kier alpha value is -1.34. The Bertz CT molecular complexity index is 350. The summed E-state index contributed by atoms with van der Waals surface area (Å²) in [5.74, 6) is -3.23. The smallest absolute Gasteiger partial charge is 0.340 e. The molecule has 19 heavy (non-hydrogen) atoms. The van der Waals surface area contributed by atoms with Gasteiger partial charge in [0, 0.05) is 0 Å². The molecule has 0 unspecified atom stereocenters. The summed E-state index contributed by atoms with van der Waals surface area (Å²) >= 11 is 6.04. The van der Waals surface area contributed by atoms with Crippen molar-refractivity contribution < 1.29 is 29.1 Å². The van der Waals surface area contributed by atoms with Crippen molar-refractivity contribution in [3.63, 3.8) is 0 Å². The average molecular weight is 296 g/mol. The fourth-order valence-corrected chi connectivity index (χ4v) is 1.55. The minimum absolute atomic E-state index is 0.0243. The molecule has 0 rings (SSSR count). The topological polar surface area (TPSA) is 102 Å². The lowest BCUT2D eigenvalue weighted by Crippen LogP contribution is -2.60. The number of carbonyl (C=O) groups is 3. The van der Waals surface area contributed by atoms with Crippen molar-refractivity contribution in [1.82, 2.24) is 5.48 Å². The van der Waals surface area contributed by atoms with Crippen LogP contribution in [-0.2, 0) is 23.9 Å². The van der Waals surface area contributed by atoms with E-state index in [4.69, 9.17) is 26.3 Å². The van der Waals surface area contributed by atoms with Gasteiger partial charge in [-0.15, -0.1) is 0 Å². The average Bonchev–Trinajstić information content (AvgIpc) is 2.36. The van der Waals surface area contributed by atoms with Crippen molar-refractivity contribution in [3.05, 3.63) is 0 Å². The van der Waals surface area contributed by atoms with Crippen molar-refractivity contribution in [2.75, 3.05) is 13.2 Å². The van der Waals surface area contributed by atoms with Gasteiger partial charge in [-0.2, -0.15) is 0 Å². The van der Waals surface area contributed by atoms with Crippen LogP contribution >= 0.6 is 11.6 Å². The largest absolute Gasteiger partial charge is 0.464 e. The lowest BCUT2D eigenvalue weighted by atomic mass is 9.77. The first-order valence-electron chi connectivity index (χ1n) is 5.67. The Morgan fingerprint density at radius 1 is 1.11 bits per heavy atom. The highest BCUT2D eigenvalue weighted by Crippen LogP contribution is 2.39. The van der Waals surface area contributed by atoms with Crippen LogP contribution in [0.3, 0.4) is 0 Å². The van der Waals surface area contributed by atoms with Crippen molar-refractivity contribution in [3.8, 4) is 0 Å². The molecule has 0 saturated carbocycles. The van der Waals surface area contributed by atoms with E-state index in [-0.39, 0.29) is 13.2 Å². The first-order valence-corrected chi connectivity index (χ1v) is 6.05. The van der Waals surface area contributed by atoms with E-state index >= 15 is 0 Å². The number of hydroxylamine groups is 1. The lowest BCUT2D eigenvalue weighted by molar-refractivity contribution is -0.169. The van der Waals surface area contributed by atoms with E-state index in [1.807, 2.05) is 0 Å². The molecule has 0 aromatic heterocycles. The monoisotopic (exact) mass is 295 g/mol. The van der Waals surface area contributed by atoms with Gasteiger partial charge in [0.1, 0.15) is 0 Å². The third-order valence-electron chi connectivity index (χ3n) is 2.64. The van der Waals surface area contributed by atoms with Gasteiger partial charge < -0.3 is 9.47 Å². The molecule has 0 bridgehead atoms. The maximum Gasteiger partial charge on any atom is 0.340 e. The Kier molecular flexibility index (Phi) is 6.24. The molecule has 0 saturated heterocycles. The van der Waals surface area contributed by atoms with Gasteiger partial charge in [0.15, 0.2) is 0 Å². The highest BCUT2D eigenvalue weighted by molar-refractivity contribution is 6.46. The van der Waals surface area contributed by atoms with E-state index < -0.39 is 28.1 Å². The number of carbonyl (C=O) groups excluding carboxylic acids is 3. The Labute approximate surface area is 116 Å². The number of halogens is 1. The molecule has 110 valence electrons. The second kappa shape index (κ2) is 6.72. The highest BCUT2D eigenvalue weighted by atomic mass is 35.5. The van der Waals surface area contributed by atoms with Gasteiger partial charge in [0.05, 0.1) is 18.6 Å². The first kappa shape index (κ1) is 17.7. The quantitative estimate of drug-likeness (QED) is 0.245. The van der Waals surface area contributed by atoms with Crippen LogP contribution in [0.4, 0.5) is 0 Å². The zero-order valence-corrected chi connectivity index (χ0v) is 12.0. The van der Waals surface area contributed by atoms with Crippen molar-refractivity contribution in [2.24, 2.45) is 5.41 Å². The number of hydrogen-bond acceptors (Lipinski definition) is 6. The van der Waals surface area contributed by atoms with E-state index in [0.717, 1.165) is 0 Å². The normalized spacial score (nSPS) is 11.7. The molecule has 7 nitrogen and oxygen atoms in total. The summed E-state index contributed by atoms with van der Waals surface area (Å²) in [6.45, 7) is 5.45. The summed E-state index contributed by atoms with van der Waals surface area (Å²) in [6.07, 6.45) is 0. The second-order valence-electron chi connectivity index (χ2n) is 4.17. The Morgan fingerprint density at radius 3 is 1.74 bits per heavy atom. The molecule has 0 atom stereocenters. The highest BCUT2D eigenvalue weighted by Gasteiger charge is 2.62. The zero-order valence-electron chi connectivity index (χ0n) is 11.3. The molecule has 0 fully saturated rings. The molecule has 0 aromatic carbocycles. The van der Waals surface area contributed by atoms with E-state index in [9.17, 15) is 14.4 Å². The molecule has 0 spiro atoms. The third-order valence-corrected chi connectivity index (χ3v) is 3.42. The van der Waals surface area contributed by atoms with Gasteiger partial charge in [-0.05, 0) is 27.7 Å². The second-order valence-corrected chi connectivity index (χ2v) is 4.73. The fourth-order valence-electron chi connectivity index (χ4n) is 1.35. The number of amides is 1. The summed E-state index contributed by atoms with van der Waals surface area (Å²) in [5, 5.41) is 8.69. The van der Waals surface area contributed by atoms with Crippen LogP contribution < -0.4 is 5.48 Å². The number of esters is 2. The molecule has 0 aliphatic heterocycles. The van der Waals surface area contributed by atoms with Gasteiger partial charge in [0.2, 0.25) is 0 Å². The molecule has 0 radical (unpaired) electrons. The number of alkyl halides is 1. The number of hydrogen-bond donors (Lipinski definition) is 2. The molecular formula is C11H18ClNO6. The number of rotatable bonds is 6. The van der Waals surface area contributed by atoms with Gasteiger partial charge in [0.25, 0.3) is 10.8 Å². The Morgan fingerprint density at radius 2 is 1.47 bits per heavy atom. The predicted octanol–water partition coefficient (Wildman–Crippen LogP) is 0.622. The van der Waals surface area contributed by atoms with Gasteiger partial charge in [-0.25, -0.2) is 15.1 Å². The van der Waals surface area contributed by atoms with E-state index in [1.54, 1.807) is 0 Å². The van der Waals surface area contributed by atoms with Gasteiger partial charge in [-0.3, -0.25) is 10.0 Å².